The maximum Gasteiger partial charge on any atom is 0.506 e. The minimum Gasteiger partial charge on any atom is -0.360 e. The summed E-state index contributed by atoms with van der Waals surface area (Å²) in [6.45, 7) is 2.53. The van der Waals surface area contributed by atoms with Gasteiger partial charge in [-0.2, -0.15) is 0 Å². The number of hydrogen-bond donors (Lipinski definition) is 0. The maximum atomic E-state index is 5.60. The van der Waals surface area contributed by atoms with Gasteiger partial charge < -0.3 is 27.5 Å². The molecular weight excluding hydrogens is 244 g/mol. The van der Waals surface area contributed by atoms with Crippen molar-refractivity contribution in [3.8, 4) is 0 Å². The third-order valence-electron chi connectivity index (χ3n) is 2.03. The minimum atomic E-state index is -2.75. The van der Waals surface area contributed by atoms with E-state index >= 15 is 0 Å². The van der Waals surface area contributed by atoms with Crippen LogP contribution in [0.5, 0.6) is 0 Å². The molecule has 0 spiro atoms. The number of hydrogen-bond acceptors (Lipinski definition) is 6. The van der Waals surface area contributed by atoms with Gasteiger partial charge in [0.05, 0.1) is 0 Å². The standard InChI is InChI=1S/C10H24O6Si/c1-5-6-7-17(14-8-11-2,15-9-12-3)16-10-13-4/h5-10H2,1-4H3. The highest BCUT2D eigenvalue weighted by Gasteiger charge is 2.41. The van der Waals surface area contributed by atoms with Crippen molar-refractivity contribution in [2.45, 2.75) is 25.8 Å². The molecule has 0 rings (SSSR count). The molecule has 0 saturated carbocycles. The van der Waals surface area contributed by atoms with E-state index in [0.717, 1.165) is 18.9 Å². The summed E-state index contributed by atoms with van der Waals surface area (Å²) < 4.78 is 31.5. The molecule has 0 aliphatic carbocycles. The van der Waals surface area contributed by atoms with Gasteiger partial charge in [-0.15, -0.1) is 0 Å². The molecule has 0 saturated heterocycles. The van der Waals surface area contributed by atoms with Gasteiger partial charge in [-0.05, 0) is 6.42 Å². The molecule has 0 aliphatic rings. The van der Waals surface area contributed by atoms with Crippen LogP contribution in [0.2, 0.25) is 6.04 Å². The number of ether oxygens (including phenoxy) is 3. The van der Waals surface area contributed by atoms with Crippen LogP contribution in [0.25, 0.3) is 0 Å². The molecule has 7 heteroatoms. The van der Waals surface area contributed by atoms with Crippen molar-refractivity contribution in [1.82, 2.24) is 0 Å². The van der Waals surface area contributed by atoms with Crippen LogP contribution in [0, 0.1) is 0 Å². The highest BCUT2D eigenvalue weighted by molar-refractivity contribution is 6.60. The van der Waals surface area contributed by atoms with Crippen molar-refractivity contribution in [3.63, 3.8) is 0 Å². The van der Waals surface area contributed by atoms with E-state index in [2.05, 4.69) is 6.92 Å². The number of methoxy groups -OCH3 is 3. The van der Waals surface area contributed by atoms with Gasteiger partial charge in [0.25, 0.3) is 0 Å². The third-order valence-corrected chi connectivity index (χ3v) is 4.67. The van der Waals surface area contributed by atoms with E-state index in [1.54, 1.807) is 21.3 Å². The van der Waals surface area contributed by atoms with E-state index in [9.17, 15) is 0 Å². The molecular formula is C10H24O6Si. The highest BCUT2D eigenvalue weighted by Crippen LogP contribution is 2.19. The lowest BCUT2D eigenvalue weighted by atomic mass is 10.4. The van der Waals surface area contributed by atoms with Gasteiger partial charge in [-0.25, -0.2) is 0 Å². The van der Waals surface area contributed by atoms with Gasteiger partial charge >= 0.3 is 8.80 Å². The lowest BCUT2D eigenvalue weighted by Crippen LogP contribution is -2.47. The van der Waals surface area contributed by atoms with Crippen LogP contribution in [-0.2, 0) is 27.5 Å². The summed E-state index contributed by atoms with van der Waals surface area (Å²) >= 11 is 0. The van der Waals surface area contributed by atoms with Crippen molar-refractivity contribution in [2.75, 3.05) is 41.7 Å². The molecule has 0 aliphatic heterocycles. The van der Waals surface area contributed by atoms with Gasteiger partial charge in [0.2, 0.25) is 0 Å². The molecule has 0 unspecified atom stereocenters. The van der Waals surface area contributed by atoms with Crippen LogP contribution < -0.4 is 0 Å². The van der Waals surface area contributed by atoms with Gasteiger partial charge in [-0.1, -0.05) is 13.3 Å². The normalized spacial score (nSPS) is 12.0. The molecule has 0 heterocycles. The summed E-state index contributed by atoms with van der Waals surface area (Å²) in [7, 11) is 1.93. The Morgan fingerprint density at radius 1 is 0.765 bits per heavy atom. The minimum absolute atomic E-state index is 0.142. The molecule has 17 heavy (non-hydrogen) atoms. The van der Waals surface area contributed by atoms with Crippen LogP contribution in [0.1, 0.15) is 19.8 Å². The summed E-state index contributed by atoms with van der Waals surface area (Å²) in [5.41, 5.74) is 0. The topological polar surface area (TPSA) is 55.4 Å². The Bertz CT molecular complexity index is 131. The fourth-order valence-corrected chi connectivity index (χ4v) is 3.54. The predicted molar refractivity (Wildman–Crippen MR) is 64.4 cm³/mol. The average Bonchev–Trinajstić information content (AvgIpc) is 2.37. The summed E-state index contributed by atoms with van der Waals surface area (Å²) in [5.74, 6) is 0. The van der Waals surface area contributed by atoms with Crippen LogP contribution >= 0.6 is 0 Å². The fraction of sp³-hybridized carbons (Fsp3) is 1.00. The molecule has 0 amide bonds. The lowest BCUT2D eigenvalue weighted by molar-refractivity contribution is -0.0854. The molecule has 0 aromatic rings. The molecule has 0 atom stereocenters. The van der Waals surface area contributed by atoms with Crippen molar-refractivity contribution in [3.05, 3.63) is 0 Å². The fourth-order valence-electron chi connectivity index (χ4n) is 1.18. The first-order valence-corrected chi connectivity index (χ1v) is 7.56. The third kappa shape index (κ3) is 7.82. The van der Waals surface area contributed by atoms with Crippen LogP contribution in [0.15, 0.2) is 0 Å². The Balaban J connectivity index is 4.39. The zero-order valence-electron chi connectivity index (χ0n) is 11.2. The number of rotatable bonds is 12. The Kier molecular flexibility index (Phi) is 11.1. The van der Waals surface area contributed by atoms with Crippen molar-refractivity contribution < 1.29 is 27.5 Å². The lowest BCUT2D eigenvalue weighted by Gasteiger charge is -2.28. The van der Waals surface area contributed by atoms with E-state index in [0.29, 0.717) is 0 Å². The molecule has 0 aromatic heterocycles. The van der Waals surface area contributed by atoms with Gasteiger partial charge in [0, 0.05) is 27.4 Å². The molecule has 0 aromatic carbocycles. The average molecular weight is 268 g/mol. The van der Waals surface area contributed by atoms with Gasteiger partial charge in [0.15, 0.2) is 0 Å². The summed E-state index contributed by atoms with van der Waals surface area (Å²) in [6.07, 6.45) is 2.00. The van der Waals surface area contributed by atoms with E-state index in [1.807, 2.05) is 0 Å². The molecule has 0 N–H and O–H groups in total. The van der Waals surface area contributed by atoms with Crippen molar-refractivity contribution in [1.29, 1.82) is 0 Å². The van der Waals surface area contributed by atoms with Crippen LogP contribution in [0.4, 0.5) is 0 Å². The molecule has 0 fully saturated rings. The first kappa shape index (κ1) is 17.0. The Labute approximate surface area is 104 Å². The highest BCUT2D eigenvalue weighted by atomic mass is 28.4. The number of unbranched alkanes of at least 4 members (excludes halogenated alkanes) is 1. The first-order chi connectivity index (χ1) is 8.24. The Morgan fingerprint density at radius 2 is 1.18 bits per heavy atom. The summed E-state index contributed by atoms with van der Waals surface area (Å²) in [4.78, 5) is 0. The van der Waals surface area contributed by atoms with Crippen LogP contribution in [-0.4, -0.2) is 50.5 Å². The molecule has 6 nitrogen and oxygen atoms in total. The van der Waals surface area contributed by atoms with E-state index in [1.165, 1.54) is 0 Å². The summed E-state index contributed by atoms with van der Waals surface area (Å²) in [6, 6.07) is 0.722. The van der Waals surface area contributed by atoms with E-state index in [4.69, 9.17) is 27.5 Å². The largest absolute Gasteiger partial charge is 0.506 e. The Morgan fingerprint density at radius 3 is 1.47 bits per heavy atom. The quantitative estimate of drug-likeness (QED) is 0.396. The monoisotopic (exact) mass is 268 g/mol. The van der Waals surface area contributed by atoms with Crippen molar-refractivity contribution >= 4 is 8.80 Å². The maximum absolute atomic E-state index is 5.60. The Hall–Kier alpha value is -0.0231. The molecule has 104 valence electrons. The smallest absolute Gasteiger partial charge is 0.360 e. The second kappa shape index (κ2) is 11.1. The molecule has 0 radical (unpaired) electrons. The zero-order chi connectivity index (χ0) is 13.0. The molecule has 0 bridgehead atoms. The van der Waals surface area contributed by atoms with Crippen molar-refractivity contribution in [2.24, 2.45) is 0 Å². The second-order valence-electron chi connectivity index (χ2n) is 3.44. The van der Waals surface area contributed by atoms with Gasteiger partial charge in [-0.3, -0.25) is 0 Å². The van der Waals surface area contributed by atoms with E-state index < -0.39 is 8.80 Å². The summed E-state index contributed by atoms with van der Waals surface area (Å²) in [5, 5.41) is 0. The van der Waals surface area contributed by atoms with E-state index in [-0.39, 0.29) is 20.4 Å². The first-order valence-electron chi connectivity index (χ1n) is 5.63. The SMILES string of the molecule is CCCC[Si](OCOC)(OCOC)OCOC. The van der Waals surface area contributed by atoms with Gasteiger partial charge in [0.1, 0.15) is 20.4 Å². The zero-order valence-corrected chi connectivity index (χ0v) is 12.2. The second-order valence-corrected chi connectivity index (χ2v) is 6.17. The predicted octanol–water partition coefficient (Wildman–Crippen LogP) is 1.59. The van der Waals surface area contributed by atoms with Crippen LogP contribution in [0.3, 0.4) is 0 Å².